The highest BCUT2D eigenvalue weighted by atomic mass is 16.5. The van der Waals surface area contributed by atoms with Crippen molar-refractivity contribution in [2.75, 3.05) is 7.11 Å². The molecule has 25 heavy (non-hydrogen) atoms. The van der Waals surface area contributed by atoms with E-state index in [2.05, 4.69) is 32.9 Å². The molecule has 2 aromatic heterocycles. The van der Waals surface area contributed by atoms with E-state index in [4.69, 9.17) is 4.74 Å². The van der Waals surface area contributed by atoms with Gasteiger partial charge >= 0.3 is 0 Å². The first kappa shape index (κ1) is 15.4. The zero-order valence-electron chi connectivity index (χ0n) is 14.3. The number of fused-ring (bicyclic) bond motifs is 1. The fourth-order valence-corrected chi connectivity index (χ4v) is 2.93. The normalized spacial score (nSPS) is 11.1. The molecule has 0 unspecified atom stereocenters. The molecule has 0 aliphatic carbocycles. The summed E-state index contributed by atoms with van der Waals surface area (Å²) in [7, 11) is 1.67. The van der Waals surface area contributed by atoms with Gasteiger partial charge in [0.1, 0.15) is 11.4 Å². The molecular formula is C19H19N5O. The summed E-state index contributed by atoms with van der Waals surface area (Å²) < 4.78 is 9.31. The van der Waals surface area contributed by atoms with Crippen molar-refractivity contribution in [2.45, 2.75) is 20.0 Å². The topological polar surface area (TPSA) is 57.8 Å². The third-order valence-corrected chi connectivity index (χ3v) is 4.36. The monoisotopic (exact) mass is 333 g/mol. The van der Waals surface area contributed by atoms with Crippen LogP contribution < -0.4 is 4.74 Å². The van der Waals surface area contributed by atoms with E-state index >= 15 is 0 Å². The number of imidazole rings is 1. The SMILES string of the molecule is COc1ccc(C)c(-c2cn(CCn3cnc4ccccc43)nn2)c1. The Kier molecular flexibility index (Phi) is 3.93. The van der Waals surface area contributed by atoms with Crippen molar-refractivity contribution in [3.8, 4) is 17.0 Å². The van der Waals surface area contributed by atoms with Gasteiger partial charge in [0.05, 0.1) is 37.2 Å². The van der Waals surface area contributed by atoms with Crippen molar-refractivity contribution in [2.24, 2.45) is 0 Å². The number of hydrogen-bond donors (Lipinski definition) is 0. The summed E-state index contributed by atoms with van der Waals surface area (Å²) >= 11 is 0. The minimum atomic E-state index is 0.733. The van der Waals surface area contributed by atoms with Crippen molar-refractivity contribution in [3.63, 3.8) is 0 Å². The average Bonchev–Trinajstić information content (AvgIpc) is 3.27. The minimum absolute atomic E-state index is 0.733. The summed E-state index contributed by atoms with van der Waals surface area (Å²) in [5.74, 6) is 0.819. The molecule has 2 aromatic carbocycles. The number of ether oxygens (including phenoxy) is 1. The largest absolute Gasteiger partial charge is 0.497 e. The Hall–Kier alpha value is -3.15. The van der Waals surface area contributed by atoms with Gasteiger partial charge in [-0.3, -0.25) is 4.68 Å². The number of methoxy groups -OCH3 is 1. The van der Waals surface area contributed by atoms with E-state index < -0.39 is 0 Å². The van der Waals surface area contributed by atoms with Crippen molar-refractivity contribution in [3.05, 3.63) is 60.6 Å². The van der Waals surface area contributed by atoms with Crippen LogP contribution in [-0.4, -0.2) is 31.7 Å². The van der Waals surface area contributed by atoms with Gasteiger partial charge < -0.3 is 9.30 Å². The van der Waals surface area contributed by atoms with Crippen LogP contribution in [0.5, 0.6) is 5.75 Å². The minimum Gasteiger partial charge on any atom is -0.497 e. The predicted molar refractivity (Wildman–Crippen MR) is 96.5 cm³/mol. The second kappa shape index (κ2) is 6.39. The van der Waals surface area contributed by atoms with Gasteiger partial charge in [0.15, 0.2) is 0 Å². The first-order valence-electron chi connectivity index (χ1n) is 8.19. The van der Waals surface area contributed by atoms with E-state index in [1.54, 1.807) is 7.11 Å². The van der Waals surface area contributed by atoms with Crippen molar-refractivity contribution in [1.82, 2.24) is 24.5 Å². The third-order valence-electron chi connectivity index (χ3n) is 4.36. The first-order valence-corrected chi connectivity index (χ1v) is 8.19. The Bertz CT molecular complexity index is 1020. The van der Waals surface area contributed by atoms with Crippen LogP contribution in [0.1, 0.15) is 5.56 Å². The summed E-state index contributed by atoms with van der Waals surface area (Å²) in [6.07, 6.45) is 3.84. The van der Waals surface area contributed by atoms with Crippen LogP contribution in [0.2, 0.25) is 0 Å². The van der Waals surface area contributed by atoms with E-state index in [1.807, 2.05) is 53.6 Å². The summed E-state index contributed by atoms with van der Waals surface area (Å²) in [6.45, 7) is 3.59. The van der Waals surface area contributed by atoms with Crippen LogP contribution in [0.25, 0.3) is 22.3 Å². The second-order valence-electron chi connectivity index (χ2n) is 5.97. The van der Waals surface area contributed by atoms with Crippen LogP contribution in [-0.2, 0) is 13.1 Å². The van der Waals surface area contributed by atoms with E-state index in [-0.39, 0.29) is 0 Å². The average molecular weight is 333 g/mol. The van der Waals surface area contributed by atoms with Gasteiger partial charge in [-0.15, -0.1) is 5.10 Å². The molecule has 0 saturated heterocycles. The summed E-state index contributed by atoms with van der Waals surface area (Å²) in [5, 5.41) is 8.58. The fourth-order valence-electron chi connectivity index (χ4n) is 2.93. The van der Waals surface area contributed by atoms with Crippen molar-refractivity contribution < 1.29 is 4.74 Å². The van der Waals surface area contributed by atoms with E-state index in [1.165, 1.54) is 0 Å². The summed E-state index contributed by atoms with van der Waals surface area (Å²) in [4.78, 5) is 4.42. The number of hydrogen-bond acceptors (Lipinski definition) is 4. The smallest absolute Gasteiger partial charge is 0.119 e. The quantitative estimate of drug-likeness (QED) is 0.562. The van der Waals surface area contributed by atoms with Crippen molar-refractivity contribution >= 4 is 11.0 Å². The van der Waals surface area contributed by atoms with E-state index in [0.717, 1.165) is 46.7 Å². The van der Waals surface area contributed by atoms with E-state index in [0.29, 0.717) is 0 Å². The van der Waals surface area contributed by atoms with Gasteiger partial charge in [-0.05, 0) is 36.8 Å². The standard InChI is InChI=1S/C19H19N5O/c1-14-7-8-15(25-2)11-16(14)18-12-24(22-21-18)10-9-23-13-20-17-5-3-4-6-19(17)23/h3-8,11-13H,9-10H2,1-2H3. The van der Waals surface area contributed by atoms with Gasteiger partial charge in [-0.25, -0.2) is 4.98 Å². The molecule has 0 aliphatic heterocycles. The lowest BCUT2D eigenvalue weighted by Crippen LogP contribution is -2.07. The lowest BCUT2D eigenvalue weighted by atomic mass is 10.1. The lowest BCUT2D eigenvalue weighted by Gasteiger charge is -2.05. The molecule has 0 fully saturated rings. The number of aryl methyl sites for hydroxylation is 3. The Morgan fingerprint density at radius 1 is 1.08 bits per heavy atom. The molecule has 0 N–H and O–H groups in total. The highest BCUT2D eigenvalue weighted by Crippen LogP contribution is 2.25. The molecule has 0 spiro atoms. The first-order chi connectivity index (χ1) is 12.2. The second-order valence-corrected chi connectivity index (χ2v) is 5.97. The molecule has 0 saturated carbocycles. The lowest BCUT2D eigenvalue weighted by molar-refractivity contribution is 0.415. The zero-order valence-corrected chi connectivity index (χ0v) is 14.3. The van der Waals surface area contributed by atoms with Crippen LogP contribution in [0.4, 0.5) is 0 Å². The maximum absolute atomic E-state index is 5.31. The van der Waals surface area contributed by atoms with Gasteiger partial charge in [0.25, 0.3) is 0 Å². The Balaban J connectivity index is 1.54. The van der Waals surface area contributed by atoms with E-state index in [9.17, 15) is 0 Å². The fraction of sp³-hybridized carbons (Fsp3) is 0.211. The molecule has 0 bridgehead atoms. The molecule has 6 nitrogen and oxygen atoms in total. The molecule has 4 aromatic rings. The highest BCUT2D eigenvalue weighted by Gasteiger charge is 2.09. The zero-order chi connectivity index (χ0) is 17.2. The predicted octanol–water partition coefficient (Wildman–Crippen LogP) is 3.31. The Labute approximate surface area is 145 Å². The summed E-state index contributed by atoms with van der Waals surface area (Å²) in [6, 6.07) is 14.1. The molecule has 4 rings (SSSR count). The highest BCUT2D eigenvalue weighted by molar-refractivity contribution is 5.74. The van der Waals surface area contributed by atoms with Crippen molar-refractivity contribution in [1.29, 1.82) is 0 Å². The molecule has 0 atom stereocenters. The Morgan fingerprint density at radius 3 is 2.84 bits per heavy atom. The maximum atomic E-state index is 5.31. The molecule has 126 valence electrons. The van der Waals surface area contributed by atoms with Crippen LogP contribution >= 0.6 is 0 Å². The van der Waals surface area contributed by atoms with Gasteiger partial charge in [-0.2, -0.15) is 0 Å². The molecular weight excluding hydrogens is 314 g/mol. The molecule has 0 amide bonds. The summed E-state index contributed by atoms with van der Waals surface area (Å²) in [5.41, 5.74) is 5.18. The number of rotatable bonds is 5. The Morgan fingerprint density at radius 2 is 1.96 bits per heavy atom. The molecule has 6 heteroatoms. The number of aromatic nitrogens is 5. The van der Waals surface area contributed by atoms with Gasteiger partial charge in [0.2, 0.25) is 0 Å². The number of nitrogens with zero attached hydrogens (tertiary/aromatic N) is 5. The van der Waals surface area contributed by atoms with Gasteiger partial charge in [-0.1, -0.05) is 23.4 Å². The van der Waals surface area contributed by atoms with Crippen LogP contribution in [0.3, 0.4) is 0 Å². The molecule has 0 radical (unpaired) electrons. The molecule has 0 aliphatic rings. The number of benzene rings is 2. The van der Waals surface area contributed by atoms with Gasteiger partial charge in [0, 0.05) is 12.1 Å². The van der Waals surface area contributed by atoms with Crippen LogP contribution in [0, 0.1) is 6.92 Å². The number of para-hydroxylation sites is 2. The van der Waals surface area contributed by atoms with Crippen LogP contribution in [0.15, 0.2) is 55.0 Å². The molecule has 2 heterocycles. The maximum Gasteiger partial charge on any atom is 0.119 e. The third kappa shape index (κ3) is 2.98.